The van der Waals surface area contributed by atoms with Crippen molar-refractivity contribution in [2.24, 2.45) is 0 Å². The number of aryl methyl sites for hydroxylation is 2. The van der Waals surface area contributed by atoms with Crippen LogP contribution >= 0.6 is 23.6 Å². The maximum atomic E-state index is 5.71. The van der Waals surface area contributed by atoms with Gasteiger partial charge in [-0.15, -0.1) is 11.3 Å². The number of fused-ring (bicyclic) bond motifs is 3. The first-order valence-corrected chi connectivity index (χ1v) is 7.81. The molecule has 2 aromatic rings. The molecular weight excluding hydrogens is 274 g/mol. The van der Waals surface area contributed by atoms with Gasteiger partial charge in [0, 0.05) is 23.7 Å². The molecule has 0 atom stereocenters. The molecule has 0 fully saturated rings. The molecule has 0 saturated heterocycles. The lowest BCUT2D eigenvalue weighted by Crippen LogP contribution is -2.24. The van der Waals surface area contributed by atoms with E-state index in [0.29, 0.717) is 5.17 Å². The second kappa shape index (κ2) is 5.10. The highest BCUT2D eigenvalue weighted by atomic mass is 32.1. The molecule has 3 rings (SSSR count). The first kappa shape index (κ1) is 12.9. The van der Waals surface area contributed by atoms with Crippen molar-refractivity contribution in [1.82, 2.24) is 4.90 Å². The number of ether oxygens (including phenoxy) is 1. The number of thiophene rings is 1. The highest BCUT2D eigenvalue weighted by Crippen LogP contribution is 2.37. The minimum Gasteiger partial charge on any atom is -0.432 e. The van der Waals surface area contributed by atoms with Gasteiger partial charge in [0.25, 0.3) is 5.17 Å². The quantitative estimate of drug-likeness (QED) is 0.737. The summed E-state index contributed by atoms with van der Waals surface area (Å²) in [6, 6.07) is 6.32. The monoisotopic (exact) mass is 291 g/mol. The smallest absolute Gasteiger partial charge is 0.264 e. The summed E-state index contributed by atoms with van der Waals surface area (Å²) in [5.41, 5.74) is 1.53. The van der Waals surface area contributed by atoms with Crippen LogP contribution in [-0.4, -0.2) is 24.2 Å². The van der Waals surface area contributed by atoms with E-state index in [1.807, 2.05) is 36.4 Å². The van der Waals surface area contributed by atoms with Gasteiger partial charge in [-0.05, 0) is 67.0 Å². The van der Waals surface area contributed by atoms with Gasteiger partial charge < -0.3 is 9.64 Å². The average Bonchev–Trinajstić information content (AvgIpc) is 2.76. The summed E-state index contributed by atoms with van der Waals surface area (Å²) in [6.45, 7) is 0. The SMILES string of the molecule is CN(C)C(=S)Oc1ccc2sc3c(c2c1)CCCC3. The van der Waals surface area contributed by atoms with Crippen LogP contribution in [0.3, 0.4) is 0 Å². The van der Waals surface area contributed by atoms with Gasteiger partial charge in [-0.2, -0.15) is 0 Å². The van der Waals surface area contributed by atoms with Crippen LogP contribution in [0.4, 0.5) is 0 Å². The highest BCUT2D eigenvalue weighted by molar-refractivity contribution is 7.80. The van der Waals surface area contributed by atoms with Crippen LogP contribution in [0.25, 0.3) is 10.1 Å². The maximum absolute atomic E-state index is 5.71. The van der Waals surface area contributed by atoms with Crippen molar-refractivity contribution in [3.05, 3.63) is 28.6 Å². The minimum atomic E-state index is 0.503. The predicted molar refractivity (Wildman–Crippen MR) is 85.4 cm³/mol. The molecule has 0 radical (unpaired) electrons. The fourth-order valence-electron chi connectivity index (χ4n) is 2.50. The average molecular weight is 291 g/mol. The molecule has 2 nitrogen and oxygen atoms in total. The molecule has 4 heteroatoms. The summed E-state index contributed by atoms with van der Waals surface area (Å²) in [6.07, 6.45) is 5.08. The number of hydrogen-bond donors (Lipinski definition) is 0. The molecule has 0 amide bonds. The summed E-state index contributed by atoms with van der Waals surface area (Å²) >= 11 is 7.12. The standard InChI is InChI=1S/C15H17NOS2/c1-16(2)15(18)17-10-7-8-14-12(9-10)11-5-3-4-6-13(11)19-14/h7-9H,3-6H2,1-2H3. The second-order valence-corrected chi connectivity index (χ2v) is 6.62. The van der Waals surface area contributed by atoms with Crippen molar-refractivity contribution in [2.75, 3.05) is 14.1 Å². The second-order valence-electron chi connectivity index (χ2n) is 5.13. The Morgan fingerprint density at radius 3 is 2.84 bits per heavy atom. The molecule has 1 heterocycles. The normalized spacial score (nSPS) is 14.2. The molecule has 19 heavy (non-hydrogen) atoms. The lowest BCUT2D eigenvalue weighted by molar-refractivity contribution is 0.450. The van der Waals surface area contributed by atoms with Gasteiger partial charge in [0.2, 0.25) is 0 Å². The van der Waals surface area contributed by atoms with Crippen molar-refractivity contribution in [1.29, 1.82) is 0 Å². The van der Waals surface area contributed by atoms with Crippen LogP contribution in [-0.2, 0) is 12.8 Å². The van der Waals surface area contributed by atoms with Gasteiger partial charge in [-0.3, -0.25) is 0 Å². The van der Waals surface area contributed by atoms with Crippen molar-refractivity contribution in [3.63, 3.8) is 0 Å². The van der Waals surface area contributed by atoms with Crippen molar-refractivity contribution in [2.45, 2.75) is 25.7 Å². The van der Waals surface area contributed by atoms with E-state index in [-0.39, 0.29) is 0 Å². The van der Waals surface area contributed by atoms with Gasteiger partial charge in [0.15, 0.2) is 0 Å². The third-order valence-electron chi connectivity index (χ3n) is 3.50. The molecule has 1 aliphatic rings. The largest absolute Gasteiger partial charge is 0.432 e. The van der Waals surface area contributed by atoms with Gasteiger partial charge in [-0.1, -0.05) is 0 Å². The van der Waals surface area contributed by atoms with E-state index in [1.165, 1.54) is 41.3 Å². The third kappa shape index (κ3) is 2.47. The van der Waals surface area contributed by atoms with E-state index in [9.17, 15) is 0 Å². The zero-order chi connectivity index (χ0) is 13.4. The van der Waals surface area contributed by atoms with Gasteiger partial charge >= 0.3 is 0 Å². The molecule has 0 saturated carbocycles. The van der Waals surface area contributed by atoms with Crippen LogP contribution in [0.2, 0.25) is 0 Å². The molecule has 0 unspecified atom stereocenters. The molecule has 0 bridgehead atoms. The molecule has 1 aliphatic carbocycles. The van der Waals surface area contributed by atoms with E-state index in [2.05, 4.69) is 12.1 Å². The number of benzene rings is 1. The first-order valence-electron chi connectivity index (χ1n) is 6.58. The summed E-state index contributed by atoms with van der Waals surface area (Å²) < 4.78 is 7.08. The van der Waals surface area contributed by atoms with Gasteiger partial charge in [0.05, 0.1) is 0 Å². The molecule has 0 spiro atoms. The van der Waals surface area contributed by atoms with E-state index >= 15 is 0 Å². The molecular formula is C15H17NOS2. The molecule has 0 N–H and O–H groups in total. The number of thiocarbonyl (C=S) groups is 1. The van der Waals surface area contributed by atoms with Crippen molar-refractivity contribution >= 4 is 38.8 Å². The zero-order valence-electron chi connectivity index (χ0n) is 11.2. The lowest BCUT2D eigenvalue weighted by Gasteiger charge is -2.14. The van der Waals surface area contributed by atoms with Crippen LogP contribution in [0.15, 0.2) is 18.2 Å². The summed E-state index contributed by atoms with van der Waals surface area (Å²) in [5, 5.41) is 1.86. The maximum Gasteiger partial charge on any atom is 0.264 e. The Labute approximate surface area is 123 Å². The third-order valence-corrected chi connectivity index (χ3v) is 5.22. The van der Waals surface area contributed by atoms with Crippen molar-refractivity contribution in [3.8, 4) is 5.75 Å². The van der Waals surface area contributed by atoms with Crippen LogP contribution < -0.4 is 4.74 Å². The van der Waals surface area contributed by atoms with E-state index in [4.69, 9.17) is 17.0 Å². The summed E-state index contributed by atoms with van der Waals surface area (Å²) in [7, 11) is 3.79. The minimum absolute atomic E-state index is 0.503. The Hall–Kier alpha value is -1.13. The number of rotatable bonds is 1. The fraction of sp³-hybridized carbons (Fsp3) is 0.400. The molecule has 1 aromatic carbocycles. The summed E-state index contributed by atoms with van der Waals surface area (Å²) in [5.74, 6) is 0.845. The van der Waals surface area contributed by atoms with E-state index < -0.39 is 0 Å². The number of hydrogen-bond acceptors (Lipinski definition) is 3. The van der Waals surface area contributed by atoms with Crippen LogP contribution in [0, 0.1) is 0 Å². The highest BCUT2D eigenvalue weighted by Gasteiger charge is 2.16. The first-order chi connectivity index (χ1) is 9.15. The Morgan fingerprint density at radius 1 is 1.26 bits per heavy atom. The Morgan fingerprint density at radius 2 is 2.05 bits per heavy atom. The van der Waals surface area contributed by atoms with Crippen LogP contribution in [0.5, 0.6) is 5.75 Å². The number of nitrogens with zero attached hydrogens (tertiary/aromatic N) is 1. The van der Waals surface area contributed by atoms with Gasteiger partial charge in [-0.25, -0.2) is 0 Å². The van der Waals surface area contributed by atoms with E-state index in [0.717, 1.165) is 5.75 Å². The zero-order valence-corrected chi connectivity index (χ0v) is 12.9. The Kier molecular flexibility index (Phi) is 3.46. The molecule has 0 aliphatic heterocycles. The Balaban J connectivity index is 1.98. The van der Waals surface area contributed by atoms with Gasteiger partial charge in [0.1, 0.15) is 5.75 Å². The Bertz CT molecular complexity index is 630. The fourth-order valence-corrected chi connectivity index (χ4v) is 3.87. The van der Waals surface area contributed by atoms with Crippen molar-refractivity contribution < 1.29 is 4.74 Å². The topological polar surface area (TPSA) is 12.5 Å². The summed E-state index contributed by atoms with van der Waals surface area (Å²) in [4.78, 5) is 3.37. The lowest BCUT2D eigenvalue weighted by atomic mass is 9.96. The molecule has 100 valence electrons. The molecule has 1 aromatic heterocycles. The van der Waals surface area contributed by atoms with Crippen LogP contribution in [0.1, 0.15) is 23.3 Å². The van der Waals surface area contributed by atoms with E-state index in [1.54, 1.807) is 4.88 Å². The predicted octanol–water partition coefficient (Wildman–Crippen LogP) is 4.01.